The third kappa shape index (κ3) is 2.95. The first-order chi connectivity index (χ1) is 9.52. The number of halogens is 1. The maximum Gasteiger partial charge on any atom is 0.123 e. The van der Waals surface area contributed by atoms with Gasteiger partial charge in [-0.25, -0.2) is 0 Å². The zero-order valence-electron chi connectivity index (χ0n) is 12.5. The van der Waals surface area contributed by atoms with E-state index in [4.69, 9.17) is 26.8 Å². The number of hydrogen-bond donors (Lipinski definition) is 1. The molecule has 20 heavy (non-hydrogen) atoms. The number of ether oxygens (including phenoxy) is 2. The lowest BCUT2D eigenvalue weighted by Gasteiger charge is -2.43. The fourth-order valence-electron chi connectivity index (χ4n) is 3.12. The van der Waals surface area contributed by atoms with E-state index in [2.05, 4.69) is 6.92 Å². The van der Waals surface area contributed by atoms with Crippen LogP contribution in [-0.2, 0) is 4.74 Å². The highest BCUT2D eigenvalue weighted by Crippen LogP contribution is 2.44. The molecule has 112 valence electrons. The smallest absolute Gasteiger partial charge is 0.123 e. The molecule has 1 aromatic carbocycles. The molecule has 0 heterocycles. The lowest BCUT2D eigenvalue weighted by Crippen LogP contribution is -2.45. The molecule has 1 aromatic rings. The van der Waals surface area contributed by atoms with Crippen LogP contribution in [0.15, 0.2) is 18.2 Å². The Kier molecular flexibility index (Phi) is 4.95. The number of hydrogen-bond acceptors (Lipinski definition) is 3. The molecule has 0 saturated heterocycles. The minimum Gasteiger partial charge on any atom is -0.496 e. The molecule has 2 N–H and O–H groups in total. The molecular formula is C16H24ClNO2. The Morgan fingerprint density at radius 3 is 2.50 bits per heavy atom. The summed E-state index contributed by atoms with van der Waals surface area (Å²) in [5.74, 6) is 1.52. The van der Waals surface area contributed by atoms with Gasteiger partial charge in [-0.2, -0.15) is 0 Å². The average molecular weight is 298 g/mol. The van der Waals surface area contributed by atoms with E-state index in [9.17, 15) is 0 Å². The van der Waals surface area contributed by atoms with Crippen LogP contribution in [-0.4, -0.2) is 19.8 Å². The minimum atomic E-state index is -0.315. The van der Waals surface area contributed by atoms with Crippen LogP contribution in [0.3, 0.4) is 0 Å². The Morgan fingerprint density at radius 1 is 1.30 bits per heavy atom. The summed E-state index contributed by atoms with van der Waals surface area (Å²) in [7, 11) is 3.41. The summed E-state index contributed by atoms with van der Waals surface area (Å²) in [6.45, 7) is 2.28. The van der Waals surface area contributed by atoms with Gasteiger partial charge in [0.15, 0.2) is 0 Å². The van der Waals surface area contributed by atoms with E-state index in [0.29, 0.717) is 5.02 Å². The first-order valence-corrected chi connectivity index (χ1v) is 7.54. The van der Waals surface area contributed by atoms with Crippen LogP contribution in [0.25, 0.3) is 0 Å². The average Bonchev–Trinajstić information content (AvgIpc) is 2.47. The van der Waals surface area contributed by atoms with E-state index in [1.165, 1.54) is 0 Å². The number of nitrogens with two attached hydrogens (primary N) is 1. The zero-order chi connectivity index (χ0) is 14.8. The van der Waals surface area contributed by atoms with Crippen LogP contribution >= 0.6 is 11.6 Å². The van der Waals surface area contributed by atoms with E-state index in [0.717, 1.165) is 42.9 Å². The molecule has 2 rings (SSSR count). The second kappa shape index (κ2) is 6.33. The predicted molar refractivity (Wildman–Crippen MR) is 82.3 cm³/mol. The van der Waals surface area contributed by atoms with Crippen molar-refractivity contribution in [2.75, 3.05) is 14.2 Å². The number of benzene rings is 1. The molecule has 0 spiro atoms. The molecule has 0 radical (unpaired) electrons. The third-order valence-corrected chi connectivity index (χ3v) is 4.86. The Balaban J connectivity index is 2.33. The van der Waals surface area contributed by atoms with Gasteiger partial charge in [0.1, 0.15) is 5.75 Å². The van der Waals surface area contributed by atoms with Crippen molar-refractivity contribution in [2.45, 2.75) is 44.2 Å². The summed E-state index contributed by atoms with van der Waals surface area (Å²) in [5, 5.41) is 0.673. The normalized spacial score (nSPS) is 28.1. The molecule has 3 nitrogen and oxygen atoms in total. The van der Waals surface area contributed by atoms with Crippen LogP contribution < -0.4 is 10.5 Å². The Bertz CT molecular complexity index is 456. The standard InChI is InChI=1S/C16H24ClNO2/c1-11-6-8-16(20-3,9-7-11)15(18)13-10-12(17)4-5-14(13)19-2/h4-5,10-11,15H,6-9,18H2,1-3H3. The van der Waals surface area contributed by atoms with Crippen molar-refractivity contribution in [3.05, 3.63) is 28.8 Å². The number of rotatable bonds is 4. The van der Waals surface area contributed by atoms with E-state index in [-0.39, 0.29) is 11.6 Å². The van der Waals surface area contributed by atoms with Gasteiger partial charge < -0.3 is 15.2 Å². The lowest BCUT2D eigenvalue weighted by molar-refractivity contribution is -0.0675. The Labute approximate surface area is 126 Å². The summed E-state index contributed by atoms with van der Waals surface area (Å²) in [6.07, 6.45) is 4.23. The van der Waals surface area contributed by atoms with Crippen LogP contribution in [0.2, 0.25) is 5.02 Å². The van der Waals surface area contributed by atoms with Crippen molar-refractivity contribution in [1.82, 2.24) is 0 Å². The summed E-state index contributed by atoms with van der Waals surface area (Å²) >= 11 is 6.12. The molecule has 1 atom stereocenters. The highest BCUT2D eigenvalue weighted by molar-refractivity contribution is 6.30. The van der Waals surface area contributed by atoms with Gasteiger partial charge >= 0.3 is 0 Å². The molecule has 1 unspecified atom stereocenters. The largest absolute Gasteiger partial charge is 0.496 e. The van der Waals surface area contributed by atoms with Gasteiger partial charge in [-0.1, -0.05) is 18.5 Å². The van der Waals surface area contributed by atoms with Gasteiger partial charge in [0.05, 0.1) is 18.8 Å². The summed E-state index contributed by atoms with van der Waals surface area (Å²) in [5.41, 5.74) is 7.15. The topological polar surface area (TPSA) is 44.5 Å². The molecule has 1 aliphatic rings. The van der Waals surface area contributed by atoms with Crippen LogP contribution in [0, 0.1) is 5.92 Å². The Hall–Kier alpha value is -0.770. The first-order valence-electron chi connectivity index (χ1n) is 7.16. The predicted octanol–water partition coefficient (Wildman–Crippen LogP) is 3.94. The van der Waals surface area contributed by atoms with Crippen LogP contribution in [0.4, 0.5) is 0 Å². The lowest BCUT2D eigenvalue weighted by atomic mass is 9.73. The molecule has 4 heteroatoms. The molecule has 0 amide bonds. The molecule has 0 aliphatic heterocycles. The van der Waals surface area contributed by atoms with Gasteiger partial charge in [-0.3, -0.25) is 0 Å². The first kappa shape index (κ1) is 15.6. The van der Waals surface area contributed by atoms with E-state index < -0.39 is 0 Å². The van der Waals surface area contributed by atoms with E-state index >= 15 is 0 Å². The fraction of sp³-hybridized carbons (Fsp3) is 0.625. The van der Waals surface area contributed by atoms with Crippen molar-refractivity contribution >= 4 is 11.6 Å². The molecule has 1 saturated carbocycles. The van der Waals surface area contributed by atoms with Crippen molar-refractivity contribution in [2.24, 2.45) is 11.7 Å². The fourth-order valence-corrected chi connectivity index (χ4v) is 3.31. The summed E-state index contributed by atoms with van der Waals surface area (Å²) < 4.78 is 11.3. The monoisotopic (exact) mass is 297 g/mol. The van der Waals surface area contributed by atoms with Gasteiger partial charge in [0.25, 0.3) is 0 Å². The molecule has 0 bridgehead atoms. The molecular weight excluding hydrogens is 274 g/mol. The summed E-state index contributed by atoms with van der Waals surface area (Å²) in [6, 6.07) is 5.35. The number of methoxy groups -OCH3 is 2. The second-order valence-corrected chi connectivity index (χ2v) is 6.25. The SMILES string of the molecule is COc1ccc(Cl)cc1C(N)C1(OC)CCC(C)CC1. The van der Waals surface area contributed by atoms with Crippen LogP contribution in [0.5, 0.6) is 5.75 Å². The zero-order valence-corrected chi connectivity index (χ0v) is 13.2. The summed E-state index contributed by atoms with van der Waals surface area (Å²) in [4.78, 5) is 0. The Morgan fingerprint density at radius 2 is 1.95 bits per heavy atom. The second-order valence-electron chi connectivity index (χ2n) is 5.82. The minimum absolute atomic E-state index is 0.228. The van der Waals surface area contributed by atoms with Gasteiger partial charge in [0, 0.05) is 17.7 Å². The van der Waals surface area contributed by atoms with Gasteiger partial charge in [0.2, 0.25) is 0 Å². The third-order valence-electron chi connectivity index (χ3n) is 4.62. The maximum absolute atomic E-state index is 6.54. The molecule has 1 aliphatic carbocycles. The highest BCUT2D eigenvalue weighted by atomic mass is 35.5. The van der Waals surface area contributed by atoms with E-state index in [1.54, 1.807) is 14.2 Å². The van der Waals surface area contributed by atoms with Gasteiger partial charge in [-0.05, 0) is 49.8 Å². The molecule has 1 fully saturated rings. The van der Waals surface area contributed by atoms with Crippen molar-refractivity contribution in [1.29, 1.82) is 0 Å². The van der Waals surface area contributed by atoms with Crippen LogP contribution in [0.1, 0.15) is 44.2 Å². The van der Waals surface area contributed by atoms with Crippen molar-refractivity contribution in [3.8, 4) is 5.75 Å². The molecule has 0 aromatic heterocycles. The van der Waals surface area contributed by atoms with Crippen molar-refractivity contribution in [3.63, 3.8) is 0 Å². The van der Waals surface area contributed by atoms with E-state index in [1.807, 2.05) is 18.2 Å². The van der Waals surface area contributed by atoms with Crippen molar-refractivity contribution < 1.29 is 9.47 Å². The maximum atomic E-state index is 6.54. The quantitative estimate of drug-likeness (QED) is 0.915. The van der Waals surface area contributed by atoms with Gasteiger partial charge in [-0.15, -0.1) is 0 Å². The highest BCUT2D eigenvalue weighted by Gasteiger charge is 2.41.